The highest BCUT2D eigenvalue weighted by molar-refractivity contribution is 5.85. The number of nitrogens with two attached hydrogens (primary N) is 2. The van der Waals surface area contributed by atoms with Crippen molar-refractivity contribution in [3.8, 4) is 5.75 Å². The van der Waals surface area contributed by atoms with Gasteiger partial charge < -0.3 is 16.2 Å². The standard InChI is InChI=1S/C16H28N2O.2ClH/c1-4-14(17)9-13(10-15(18)5-2)12-7-6-8-16(11-12)19-3;;/h6-8,11,13-15H,4-5,9-10,17-18H2,1-3H3;2*1H. The monoisotopic (exact) mass is 336 g/mol. The number of rotatable bonds is 8. The molecule has 0 fully saturated rings. The maximum Gasteiger partial charge on any atom is 0.119 e. The van der Waals surface area contributed by atoms with Gasteiger partial charge in [0.1, 0.15) is 5.75 Å². The summed E-state index contributed by atoms with van der Waals surface area (Å²) >= 11 is 0. The number of hydrogen-bond donors (Lipinski definition) is 2. The topological polar surface area (TPSA) is 61.3 Å². The van der Waals surface area contributed by atoms with Crippen LogP contribution < -0.4 is 16.2 Å². The summed E-state index contributed by atoms with van der Waals surface area (Å²) in [6.07, 6.45) is 3.97. The van der Waals surface area contributed by atoms with Crippen molar-refractivity contribution in [3.05, 3.63) is 29.8 Å². The molecule has 0 aliphatic rings. The molecule has 4 N–H and O–H groups in total. The van der Waals surface area contributed by atoms with E-state index in [2.05, 4.69) is 26.0 Å². The Morgan fingerprint density at radius 3 is 1.95 bits per heavy atom. The molecule has 5 heteroatoms. The molecule has 0 amide bonds. The first-order valence-corrected chi connectivity index (χ1v) is 7.25. The van der Waals surface area contributed by atoms with Crippen LogP contribution in [0.3, 0.4) is 0 Å². The van der Waals surface area contributed by atoms with Gasteiger partial charge in [-0.1, -0.05) is 26.0 Å². The lowest BCUT2D eigenvalue weighted by Gasteiger charge is -2.24. The fraction of sp³-hybridized carbons (Fsp3) is 0.625. The minimum absolute atomic E-state index is 0. The van der Waals surface area contributed by atoms with Crippen molar-refractivity contribution in [2.75, 3.05) is 7.11 Å². The van der Waals surface area contributed by atoms with Gasteiger partial charge in [-0.2, -0.15) is 0 Å². The average molecular weight is 337 g/mol. The highest BCUT2D eigenvalue weighted by atomic mass is 35.5. The number of benzene rings is 1. The molecule has 0 aliphatic carbocycles. The molecule has 0 aromatic heterocycles. The molecular formula is C16H30Cl2N2O. The highest BCUT2D eigenvalue weighted by Crippen LogP contribution is 2.29. The Morgan fingerprint density at radius 2 is 1.52 bits per heavy atom. The molecule has 21 heavy (non-hydrogen) atoms. The van der Waals surface area contributed by atoms with E-state index in [0.29, 0.717) is 5.92 Å². The van der Waals surface area contributed by atoms with Crippen LogP contribution in [0.25, 0.3) is 0 Å². The lowest BCUT2D eigenvalue weighted by molar-refractivity contribution is 0.410. The minimum atomic E-state index is 0. The average Bonchev–Trinajstić information content (AvgIpc) is 2.46. The van der Waals surface area contributed by atoms with Gasteiger partial charge in [0.25, 0.3) is 0 Å². The number of ether oxygens (including phenoxy) is 1. The van der Waals surface area contributed by atoms with E-state index < -0.39 is 0 Å². The second-order valence-electron chi connectivity index (χ2n) is 5.28. The molecule has 0 saturated carbocycles. The normalized spacial score (nSPS) is 14.3. The second-order valence-corrected chi connectivity index (χ2v) is 5.28. The van der Waals surface area contributed by atoms with E-state index >= 15 is 0 Å². The van der Waals surface area contributed by atoms with Crippen molar-refractivity contribution in [3.63, 3.8) is 0 Å². The molecule has 0 heterocycles. The lowest BCUT2D eigenvalue weighted by Crippen LogP contribution is -2.27. The summed E-state index contributed by atoms with van der Waals surface area (Å²) in [5.41, 5.74) is 13.5. The van der Waals surface area contributed by atoms with Crippen LogP contribution >= 0.6 is 24.8 Å². The largest absolute Gasteiger partial charge is 0.497 e. The van der Waals surface area contributed by atoms with Crippen LogP contribution in [0, 0.1) is 0 Å². The van der Waals surface area contributed by atoms with Crippen molar-refractivity contribution < 1.29 is 4.74 Å². The van der Waals surface area contributed by atoms with Gasteiger partial charge in [-0.25, -0.2) is 0 Å². The first kappa shape index (κ1) is 22.8. The predicted molar refractivity (Wildman–Crippen MR) is 96.0 cm³/mol. The minimum Gasteiger partial charge on any atom is -0.497 e. The smallest absolute Gasteiger partial charge is 0.119 e. The first-order chi connectivity index (χ1) is 9.10. The second kappa shape index (κ2) is 12.1. The summed E-state index contributed by atoms with van der Waals surface area (Å²) in [6.45, 7) is 4.26. The molecule has 124 valence electrons. The van der Waals surface area contributed by atoms with Crippen LogP contribution in [-0.4, -0.2) is 19.2 Å². The molecule has 3 nitrogen and oxygen atoms in total. The van der Waals surface area contributed by atoms with Gasteiger partial charge in [0.2, 0.25) is 0 Å². The molecule has 1 aromatic rings. The fourth-order valence-electron chi connectivity index (χ4n) is 2.33. The van der Waals surface area contributed by atoms with Gasteiger partial charge in [-0.15, -0.1) is 24.8 Å². The summed E-state index contributed by atoms with van der Waals surface area (Å²) in [5.74, 6) is 1.32. The van der Waals surface area contributed by atoms with Crippen molar-refractivity contribution in [1.29, 1.82) is 0 Å². The van der Waals surface area contributed by atoms with E-state index in [1.165, 1.54) is 5.56 Å². The van der Waals surface area contributed by atoms with Gasteiger partial charge >= 0.3 is 0 Å². The van der Waals surface area contributed by atoms with E-state index in [1.807, 2.05) is 12.1 Å². The zero-order chi connectivity index (χ0) is 14.3. The molecule has 0 bridgehead atoms. The molecule has 2 atom stereocenters. The van der Waals surface area contributed by atoms with Crippen molar-refractivity contribution in [2.24, 2.45) is 11.5 Å². The molecule has 1 rings (SSSR count). The van der Waals surface area contributed by atoms with Gasteiger partial charge in [-0.05, 0) is 49.3 Å². The Morgan fingerprint density at radius 1 is 1.00 bits per heavy atom. The zero-order valence-corrected chi connectivity index (χ0v) is 14.9. The van der Waals surface area contributed by atoms with E-state index in [4.69, 9.17) is 16.2 Å². The lowest BCUT2D eigenvalue weighted by atomic mass is 9.86. The maximum absolute atomic E-state index is 6.13. The van der Waals surface area contributed by atoms with Crippen molar-refractivity contribution in [1.82, 2.24) is 0 Å². The van der Waals surface area contributed by atoms with Crippen LogP contribution in [0.15, 0.2) is 24.3 Å². The summed E-state index contributed by atoms with van der Waals surface area (Å²) in [6, 6.07) is 8.74. The van der Waals surface area contributed by atoms with Gasteiger partial charge in [-0.3, -0.25) is 0 Å². The summed E-state index contributed by atoms with van der Waals surface area (Å²) in [5, 5.41) is 0. The molecule has 0 spiro atoms. The quantitative estimate of drug-likeness (QED) is 0.757. The summed E-state index contributed by atoms with van der Waals surface area (Å²) in [4.78, 5) is 0. The summed E-state index contributed by atoms with van der Waals surface area (Å²) in [7, 11) is 1.70. The molecule has 1 aromatic carbocycles. The summed E-state index contributed by atoms with van der Waals surface area (Å²) < 4.78 is 5.31. The Hall–Kier alpha value is -0.480. The molecule has 2 unspecified atom stereocenters. The van der Waals surface area contributed by atoms with Crippen molar-refractivity contribution >= 4 is 24.8 Å². The van der Waals surface area contributed by atoms with Crippen molar-refractivity contribution in [2.45, 2.75) is 57.5 Å². The third-order valence-electron chi connectivity index (χ3n) is 3.79. The number of methoxy groups -OCH3 is 1. The molecule has 0 radical (unpaired) electrons. The highest BCUT2D eigenvalue weighted by Gasteiger charge is 2.18. The number of hydrogen-bond acceptors (Lipinski definition) is 3. The van der Waals surface area contributed by atoms with E-state index in [-0.39, 0.29) is 36.9 Å². The Balaban J connectivity index is 0. The molecule has 0 aliphatic heterocycles. The first-order valence-electron chi connectivity index (χ1n) is 7.25. The Bertz CT molecular complexity index is 365. The Kier molecular flexibility index (Phi) is 13.1. The zero-order valence-electron chi connectivity index (χ0n) is 13.2. The molecule has 0 saturated heterocycles. The van der Waals surface area contributed by atoms with Crippen LogP contribution in [0.5, 0.6) is 5.75 Å². The fourth-order valence-corrected chi connectivity index (χ4v) is 2.33. The van der Waals surface area contributed by atoms with Gasteiger partial charge in [0.15, 0.2) is 0 Å². The van der Waals surface area contributed by atoms with Crippen LogP contribution in [0.1, 0.15) is 51.0 Å². The van der Waals surface area contributed by atoms with Gasteiger partial charge in [0.05, 0.1) is 7.11 Å². The predicted octanol–water partition coefficient (Wildman–Crippen LogP) is 3.88. The van der Waals surface area contributed by atoms with Crippen LogP contribution in [-0.2, 0) is 0 Å². The SMILES string of the molecule is CCC(N)CC(CC(N)CC)c1cccc(OC)c1.Cl.Cl. The van der Waals surface area contributed by atoms with E-state index in [9.17, 15) is 0 Å². The van der Waals surface area contributed by atoms with Crippen LogP contribution in [0.2, 0.25) is 0 Å². The van der Waals surface area contributed by atoms with Crippen LogP contribution in [0.4, 0.5) is 0 Å². The van der Waals surface area contributed by atoms with Gasteiger partial charge in [0, 0.05) is 12.1 Å². The Labute approximate surface area is 141 Å². The maximum atomic E-state index is 6.13. The van der Waals surface area contributed by atoms with E-state index in [0.717, 1.165) is 31.4 Å². The third-order valence-corrected chi connectivity index (χ3v) is 3.79. The van der Waals surface area contributed by atoms with E-state index in [1.54, 1.807) is 7.11 Å². The number of halogens is 2. The third kappa shape index (κ3) is 7.91. The molecular weight excluding hydrogens is 307 g/mol.